The van der Waals surface area contributed by atoms with E-state index in [0.29, 0.717) is 11.3 Å². The summed E-state index contributed by atoms with van der Waals surface area (Å²) in [5.74, 6) is -0.568. The lowest BCUT2D eigenvalue weighted by Crippen LogP contribution is -2.47. The first kappa shape index (κ1) is 22.8. The Balaban J connectivity index is 2.42. The van der Waals surface area contributed by atoms with Crippen molar-refractivity contribution in [3.63, 3.8) is 0 Å². The van der Waals surface area contributed by atoms with E-state index in [9.17, 15) is 23.3 Å². The first-order valence-corrected chi connectivity index (χ1v) is 10.9. The second kappa shape index (κ2) is 9.37. The summed E-state index contributed by atoms with van der Waals surface area (Å²) in [6, 6.07) is 11.4. The Morgan fingerprint density at radius 1 is 1.27 bits per heavy atom. The highest BCUT2D eigenvalue weighted by molar-refractivity contribution is 7.92. The summed E-state index contributed by atoms with van der Waals surface area (Å²) < 4.78 is 26.1. The minimum absolute atomic E-state index is 0.0815. The van der Waals surface area contributed by atoms with Gasteiger partial charge in [0.05, 0.1) is 29.4 Å². The van der Waals surface area contributed by atoms with Crippen LogP contribution >= 0.6 is 0 Å². The van der Waals surface area contributed by atoms with Gasteiger partial charge in [-0.2, -0.15) is 5.26 Å². The molecule has 0 aliphatic carbocycles. The highest BCUT2D eigenvalue weighted by atomic mass is 32.2. The number of anilines is 2. The van der Waals surface area contributed by atoms with Crippen LogP contribution in [0, 0.1) is 28.4 Å². The highest BCUT2D eigenvalue weighted by Crippen LogP contribution is 2.30. The Hall–Kier alpha value is -3.45. The Kier molecular flexibility index (Phi) is 7.13. The van der Waals surface area contributed by atoms with Gasteiger partial charge in [0.2, 0.25) is 15.9 Å². The molecule has 0 heterocycles. The number of rotatable bonds is 8. The minimum Gasteiger partial charge on any atom is -0.324 e. The lowest BCUT2D eigenvalue weighted by Gasteiger charge is -2.31. The van der Waals surface area contributed by atoms with E-state index in [4.69, 9.17) is 5.26 Å². The molecule has 0 saturated carbocycles. The van der Waals surface area contributed by atoms with E-state index in [1.165, 1.54) is 12.1 Å². The molecule has 2 aromatic rings. The zero-order valence-corrected chi connectivity index (χ0v) is 17.6. The molecule has 0 fully saturated rings. The third-order valence-electron chi connectivity index (χ3n) is 4.48. The Labute approximate surface area is 175 Å². The average molecular weight is 430 g/mol. The molecule has 30 heavy (non-hydrogen) atoms. The third-order valence-corrected chi connectivity index (χ3v) is 5.64. The van der Waals surface area contributed by atoms with Crippen molar-refractivity contribution >= 4 is 33.0 Å². The second-order valence-electron chi connectivity index (χ2n) is 6.73. The van der Waals surface area contributed by atoms with Crippen LogP contribution in [0.25, 0.3) is 0 Å². The standard InChI is InChI=1S/C20H22N4O5S/c1-4-18(20(25)22-16-8-6-15(7-9-16)11-12-21)23(30(3,28)29)19-13-17(24(26)27)10-5-14(19)2/h5-10,13,18H,4,11H2,1-3H3,(H,22,25)/t18-/m1/s1. The number of sulfonamides is 1. The largest absolute Gasteiger partial charge is 0.324 e. The van der Waals surface area contributed by atoms with Gasteiger partial charge >= 0.3 is 0 Å². The molecule has 9 nitrogen and oxygen atoms in total. The maximum Gasteiger partial charge on any atom is 0.271 e. The molecule has 0 aliphatic heterocycles. The van der Waals surface area contributed by atoms with Crippen molar-refractivity contribution in [1.29, 1.82) is 5.26 Å². The summed E-state index contributed by atoms with van der Waals surface area (Å²) in [5.41, 5.74) is 1.53. The second-order valence-corrected chi connectivity index (χ2v) is 8.59. The predicted molar refractivity (Wildman–Crippen MR) is 114 cm³/mol. The lowest BCUT2D eigenvalue weighted by atomic mass is 10.1. The van der Waals surface area contributed by atoms with Crippen LogP contribution < -0.4 is 9.62 Å². The van der Waals surface area contributed by atoms with E-state index in [1.807, 2.05) is 6.07 Å². The molecule has 0 spiro atoms. The number of benzene rings is 2. The SMILES string of the molecule is CC[C@H](C(=O)Nc1ccc(CC#N)cc1)N(c1cc([N+](=O)[O-])ccc1C)S(C)(=O)=O. The van der Waals surface area contributed by atoms with Gasteiger partial charge in [-0.05, 0) is 36.6 Å². The number of hydrogen-bond donors (Lipinski definition) is 1. The number of nitro groups is 1. The molecule has 158 valence electrons. The summed E-state index contributed by atoms with van der Waals surface area (Å²) in [4.78, 5) is 23.5. The first-order valence-electron chi connectivity index (χ1n) is 9.09. The van der Waals surface area contributed by atoms with Crippen LogP contribution in [-0.4, -0.2) is 31.5 Å². The molecule has 0 unspecified atom stereocenters. The van der Waals surface area contributed by atoms with Crippen molar-refractivity contribution in [2.24, 2.45) is 0 Å². The normalized spacial score (nSPS) is 11.9. The summed E-state index contributed by atoms with van der Waals surface area (Å²) >= 11 is 0. The zero-order valence-electron chi connectivity index (χ0n) is 16.8. The fourth-order valence-corrected chi connectivity index (χ4v) is 4.27. The number of nitrogens with one attached hydrogen (secondary N) is 1. The number of aryl methyl sites for hydroxylation is 1. The number of carbonyl (C=O) groups excluding carboxylic acids is 1. The van der Waals surface area contributed by atoms with Gasteiger partial charge in [-0.25, -0.2) is 8.42 Å². The van der Waals surface area contributed by atoms with Crippen molar-refractivity contribution in [3.05, 3.63) is 63.7 Å². The topological polar surface area (TPSA) is 133 Å². The van der Waals surface area contributed by atoms with E-state index in [0.717, 1.165) is 22.2 Å². The lowest BCUT2D eigenvalue weighted by molar-refractivity contribution is -0.384. The smallest absolute Gasteiger partial charge is 0.271 e. The van der Waals surface area contributed by atoms with Crippen LogP contribution in [0.4, 0.5) is 17.1 Å². The fraction of sp³-hybridized carbons (Fsp3) is 0.300. The van der Waals surface area contributed by atoms with Crippen LogP contribution in [0.3, 0.4) is 0 Å². The van der Waals surface area contributed by atoms with Crippen molar-refractivity contribution in [1.82, 2.24) is 0 Å². The predicted octanol–water partition coefficient (Wildman–Crippen LogP) is 3.15. The average Bonchev–Trinajstić information content (AvgIpc) is 2.67. The number of nitrogens with zero attached hydrogens (tertiary/aromatic N) is 3. The number of amides is 1. The molecule has 10 heteroatoms. The summed E-state index contributed by atoms with van der Waals surface area (Å²) in [6.45, 7) is 3.28. The zero-order chi connectivity index (χ0) is 22.5. The van der Waals surface area contributed by atoms with E-state index < -0.39 is 26.9 Å². The number of non-ortho nitro benzene ring substituents is 1. The van der Waals surface area contributed by atoms with Gasteiger partial charge in [0, 0.05) is 17.8 Å². The maximum atomic E-state index is 12.9. The number of nitro benzene ring substituents is 1. The molecule has 1 atom stereocenters. The van der Waals surface area contributed by atoms with Gasteiger partial charge < -0.3 is 5.32 Å². The Bertz CT molecular complexity index is 1090. The van der Waals surface area contributed by atoms with Gasteiger partial charge in [0.25, 0.3) is 5.69 Å². The molecule has 0 saturated heterocycles. The maximum absolute atomic E-state index is 12.9. The van der Waals surface area contributed by atoms with E-state index in [-0.39, 0.29) is 24.2 Å². The van der Waals surface area contributed by atoms with Crippen LogP contribution in [-0.2, 0) is 21.2 Å². The number of nitriles is 1. The number of carbonyl (C=O) groups is 1. The summed E-state index contributed by atoms with van der Waals surface area (Å²) in [5, 5.41) is 22.6. The molecule has 1 amide bonds. The van der Waals surface area contributed by atoms with Crippen molar-refractivity contribution in [2.45, 2.75) is 32.7 Å². The molecule has 1 N–H and O–H groups in total. The van der Waals surface area contributed by atoms with E-state index in [2.05, 4.69) is 5.32 Å². The van der Waals surface area contributed by atoms with Crippen molar-refractivity contribution < 1.29 is 18.1 Å². The Morgan fingerprint density at radius 2 is 1.90 bits per heavy atom. The van der Waals surface area contributed by atoms with Crippen LogP contribution in [0.15, 0.2) is 42.5 Å². The fourth-order valence-electron chi connectivity index (χ4n) is 3.01. The number of hydrogen-bond acceptors (Lipinski definition) is 6. The van der Waals surface area contributed by atoms with Crippen LogP contribution in [0.2, 0.25) is 0 Å². The van der Waals surface area contributed by atoms with Gasteiger partial charge in [-0.3, -0.25) is 19.2 Å². The molecule has 0 bridgehead atoms. The monoisotopic (exact) mass is 430 g/mol. The van der Waals surface area contributed by atoms with Crippen molar-refractivity contribution in [3.8, 4) is 6.07 Å². The molecule has 2 aromatic carbocycles. The highest BCUT2D eigenvalue weighted by Gasteiger charge is 2.33. The van der Waals surface area contributed by atoms with Gasteiger partial charge in [-0.1, -0.05) is 25.1 Å². The first-order chi connectivity index (χ1) is 14.1. The van der Waals surface area contributed by atoms with Crippen LogP contribution in [0.5, 0.6) is 0 Å². The van der Waals surface area contributed by atoms with Crippen molar-refractivity contribution in [2.75, 3.05) is 15.9 Å². The van der Waals surface area contributed by atoms with E-state index >= 15 is 0 Å². The third kappa shape index (κ3) is 5.33. The van der Waals surface area contributed by atoms with Gasteiger partial charge in [-0.15, -0.1) is 0 Å². The quantitative estimate of drug-likeness (QED) is 0.505. The minimum atomic E-state index is -3.93. The molecule has 2 rings (SSSR count). The summed E-state index contributed by atoms with van der Waals surface area (Å²) in [6.07, 6.45) is 1.34. The van der Waals surface area contributed by atoms with E-state index in [1.54, 1.807) is 38.1 Å². The van der Waals surface area contributed by atoms with Gasteiger partial charge in [0.15, 0.2) is 0 Å². The molecule has 0 radical (unpaired) electrons. The Morgan fingerprint density at radius 3 is 2.40 bits per heavy atom. The molecular weight excluding hydrogens is 408 g/mol. The van der Waals surface area contributed by atoms with Gasteiger partial charge in [0.1, 0.15) is 6.04 Å². The summed E-state index contributed by atoms with van der Waals surface area (Å²) in [7, 11) is -3.93. The molecule has 0 aliphatic rings. The molecular formula is C20H22N4O5S. The molecule has 0 aromatic heterocycles. The van der Waals surface area contributed by atoms with Crippen LogP contribution in [0.1, 0.15) is 24.5 Å².